The molecule has 0 aromatic carbocycles. The molecule has 1 unspecified atom stereocenters. The Balaban J connectivity index is 1.48. The highest BCUT2D eigenvalue weighted by Gasteiger charge is 2.27. The maximum atomic E-state index is 3.68. The lowest BCUT2D eigenvalue weighted by molar-refractivity contribution is 0.310. The van der Waals surface area contributed by atoms with Crippen molar-refractivity contribution < 1.29 is 0 Å². The second-order valence-electron chi connectivity index (χ2n) is 6.48. The van der Waals surface area contributed by atoms with Gasteiger partial charge < -0.3 is 10.6 Å². The predicted molar refractivity (Wildman–Crippen MR) is 74.3 cm³/mol. The molecule has 100 valence electrons. The number of hydrogen-bond acceptors (Lipinski definition) is 2. The summed E-state index contributed by atoms with van der Waals surface area (Å²) in [6, 6.07) is 0.813. The molecule has 2 rings (SSSR count). The van der Waals surface area contributed by atoms with Crippen molar-refractivity contribution in [2.45, 2.75) is 70.8 Å². The second kappa shape index (κ2) is 6.75. The Kier molecular flexibility index (Phi) is 5.30. The minimum absolute atomic E-state index is 0.614. The quantitative estimate of drug-likeness (QED) is 0.695. The van der Waals surface area contributed by atoms with E-state index in [2.05, 4.69) is 17.6 Å². The van der Waals surface area contributed by atoms with E-state index in [9.17, 15) is 0 Å². The molecule has 17 heavy (non-hydrogen) atoms. The van der Waals surface area contributed by atoms with Crippen molar-refractivity contribution in [2.75, 3.05) is 19.6 Å². The van der Waals surface area contributed by atoms with E-state index in [4.69, 9.17) is 0 Å². The highest BCUT2D eigenvalue weighted by molar-refractivity contribution is 4.82. The maximum absolute atomic E-state index is 3.68. The molecule has 0 radical (unpaired) electrons. The summed E-state index contributed by atoms with van der Waals surface area (Å²) in [7, 11) is 0. The van der Waals surface area contributed by atoms with Crippen LogP contribution in [0.1, 0.15) is 64.7 Å². The zero-order chi connectivity index (χ0) is 12.0. The highest BCUT2D eigenvalue weighted by Crippen LogP contribution is 2.36. The molecule has 0 bridgehead atoms. The van der Waals surface area contributed by atoms with E-state index >= 15 is 0 Å². The van der Waals surface area contributed by atoms with Crippen LogP contribution in [0.5, 0.6) is 0 Å². The van der Waals surface area contributed by atoms with Gasteiger partial charge in [-0.1, -0.05) is 26.2 Å². The summed E-state index contributed by atoms with van der Waals surface area (Å²) in [4.78, 5) is 0. The Labute approximate surface area is 107 Å². The lowest BCUT2D eigenvalue weighted by Gasteiger charge is -2.25. The first-order valence-corrected chi connectivity index (χ1v) is 7.73. The molecule has 0 aromatic heterocycles. The smallest absolute Gasteiger partial charge is 0.00675 e. The lowest BCUT2D eigenvalue weighted by Crippen LogP contribution is -2.35. The zero-order valence-corrected chi connectivity index (χ0v) is 11.6. The lowest BCUT2D eigenvalue weighted by atomic mass is 9.89. The van der Waals surface area contributed by atoms with Gasteiger partial charge in [0, 0.05) is 12.6 Å². The van der Waals surface area contributed by atoms with Crippen LogP contribution in [0.3, 0.4) is 0 Å². The van der Waals surface area contributed by atoms with Crippen LogP contribution < -0.4 is 10.6 Å². The van der Waals surface area contributed by atoms with Crippen molar-refractivity contribution >= 4 is 0 Å². The van der Waals surface area contributed by atoms with Gasteiger partial charge in [-0.3, -0.25) is 0 Å². The minimum atomic E-state index is 0.614. The van der Waals surface area contributed by atoms with Crippen LogP contribution in [0.25, 0.3) is 0 Å². The largest absolute Gasteiger partial charge is 0.316 e. The predicted octanol–water partition coefficient (Wildman–Crippen LogP) is 3.08. The number of rotatable bonds is 6. The van der Waals surface area contributed by atoms with Gasteiger partial charge in [0.1, 0.15) is 0 Å². The molecule has 0 spiro atoms. The molecule has 2 nitrogen and oxygen atoms in total. The van der Waals surface area contributed by atoms with E-state index in [1.165, 1.54) is 77.4 Å². The van der Waals surface area contributed by atoms with Crippen molar-refractivity contribution in [2.24, 2.45) is 5.41 Å². The molecule has 1 saturated carbocycles. The molecule has 1 atom stereocenters. The van der Waals surface area contributed by atoms with Crippen molar-refractivity contribution in [3.05, 3.63) is 0 Å². The Morgan fingerprint density at radius 2 is 2.00 bits per heavy atom. The van der Waals surface area contributed by atoms with Crippen molar-refractivity contribution in [3.63, 3.8) is 0 Å². The van der Waals surface area contributed by atoms with E-state index in [-0.39, 0.29) is 0 Å². The van der Waals surface area contributed by atoms with Crippen LogP contribution >= 0.6 is 0 Å². The summed E-state index contributed by atoms with van der Waals surface area (Å²) < 4.78 is 0. The fourth-order valence-electron chi connectivity index (χ4n) is 3.44. The fraction of sp³-hybridized carbons (Fsp3) is 1.00. The molecular formula is C15H30N2. The van der Waals surface area contributed by atoms with Gasteiger partial charge in [0.25, 0.3) is 0 Å². The Bertz CT molecular complexity index is 203. The average molecular weight is 238 g/mol. The molecule has 1 aliphatic carbocycles. The fourth-order valence-corrected chi connectivity index (χ4v) is 3.44. The van der Waals surface area contributed by atoms with Crippen LogP contribution in [0, 0.1) is 5.41 Å². The van der Waals surface area contributed by atoms with Gasteiger partial charge in [-0.15, -0.1) is 0 Å². The average Bonchev–Trinajstić information content (AvgIpc) is 2.77. The SMILES string of the molecule is CC1(CNCCCC2CCCCN2)CCCC1. The molecule has 2 fully saturated rings. The summed E-state index contributed by atoms with van der Waals surface area (Å²) in [5, 5.41) is 7.31. The molecule has 1 heterocycles. The Morgan fingerprint density at radius 1 is 1.18 bits per heavy atom. The van der Waals surface area contributed by atoms with E-state index in [1.54, 1.807) is 0 Å². The third-order valence-corrected chi connectivity index (χ3v) is 4.68. The van der Waals surface area contributed by atoms with Crippen molar-refractivity contribution in [1.82, 2.24) is 10.6 Å². The molecule has 1 aliphatic heterocycles. The van der Waals surface area contributed by atoms with E-state index in [1.807, 2.05) is 0 Å². The molecule has 0 aromatic rings. The van der Waals surface area contributed by atoms with Crippen LogP contribution in [0.15, 0.2) is 0 Å². The van der Waals surface area contributed by atoms with E-state index in [0.717, 1.165) is 6.04 Å². The summed E-state index contributed by atoms with van der Waals surface area (Å²) in [5.74, 6) is 0. The monoisotopic (exact) mass is 238 g/mol. The highest BCUT2D eigenvalue weighted by atomic mass is 14.9. The zero-order valence-electron chi connectivity index (χ0n) is 11.6. The topological polar surface area (TPSA) is 24.1 Å². The third kappa shape index (κ3) is 4.59. The van der Waals surface area contributed by atoms with Crippen LogP contribution in [-0.4, -0.2) is 25.7 Å². The first kappa shape index (κ1) is 13.4. The van der Waals surface area contributed by atoms with Crippen LogP contribution in [0.4, 0.5) is 0 Å². The molecule has 0 amide bonds. The molecule has 2 heteroatoms. The minimum Gasteiger partial charge on any atom is -0.316 e. The first-order valence-electron chi connectivity index (χ1n) is 7.73. The normalized spacial score (nSPS) is 28.4. The Morgan fingerprint density at radius 3 is 2.71 bits per heavy atom. The summed E-state index contributed by atoms with van der Waals surface area (Å²) in [6.07, 6.45) is 12.7. The molecule has 2 aliphatic rings. The van der Waals surface area contributed by atoms with Crippen LogP contribution in [0.2, 0.25) is 0 Å². The second-order valence-corrected chi connectivity index (χ2v) is 6.48. The Hall–Kier alpha value is -0.0800. The maximum Gasteiger partial charge on any atom is 0.00675 e. The molecule has 2 N–H and O–H groups in total. The molecule has 1 saturated heterocycles. The van der Waals surface area contributed by atoms with Crippen molar-refractivity contribution in [3.8, 4) is 0 Å². The summed E-state index contributed by atoms with van der Waals surface area (Å²) in [5.41, 5.74) is 0.614. The summed E-state index contributed by atoms with van der Waals surface area (Å²) in [6.45, 7) is 6.16. The van der Waals surface area contributed by atoms with Gasteiger partial charge in [-0.25, -0.2) is 0 Å². The summed E-state index contributed by atoms with van der Waals surface area (Å²) >= 11 is 0. The van der Waals surface area contributed by atoms with Crippen LogP contribution in [-0.2, 0) is 0 Å². The standard InChI is InChI=1S/C15H30N2/c1-15(9-3-4-10-15)13-16-11-6-8-14-7-2-5-12-17-14/h14,16-17H,2-13H2,1H3. The van der Waals surface area contributed by atoms with Gasteiger partial charge >= 0.3 is 0 Å². The number of piperidine rings is 1. The van der Waals surface area contributed by atoms with Gasteiger partial charge in [0.05, 0.1) is 0 Å². The first-order chi connectivity index (χ1) is 8.29. The molecular weight excluding hydrogens is 208 g/mol. The van der Waals surface area contributed by atoms with Gasteiger partial charge in [-0.2, -0.15) is 0 Å². The van der Waals surface area contributed by atoms with Crippen molar-refractivity contribution in [1.29, 1.82) is 0 Å². The van der Waals surface area contributed by atoms with E-state index in [0.29, 0.717) is 5.41 Å². The van der Waals surface area contributed by atoms with Gasteiger partial charge in [0.15, 0.2) is 0 Å². The van der Waals surface area contributed by atoms with Gasteiger partial charge in [-0.05, 0) is 57.0 Å². The van der Waals surface area contributed by atoms with E-state index < -0.39 is 0 Å². The third-order valence-electron chi connectivity index (χ3n) is 4.68. The number of hydrogen-bond donors (Lipinski definition) is 2. The number of nitrogens with one attached hydrogen (secondary N) is 2. The van der Waals surface area contributed by atoms with Gasteiger partial charge in [0.2, 0.25) is 0 Å².